The van der Waals surface area contributed by atoms with Gasteiger partial charge in [0.15, 0.2) is 0 Å². The Morgan fingerprint density at radius 1 is 1.00 bits per heavy atom. The molecule has 2 heteroatoms. The Labute approximate surface area is 67.9 Å². The Bertz CT molecular complexity index is 116. The van der Waals surface area contributed by atoms with Crippen molar-refractivity contribution in [3.8, 4) is 0 Å². The smallest absolute Gasteiger partial charge is 0.0376 e. The molecule has 2 saturated carbocycles. The van der Waals surface area contributed by atoms with Crippen LogP contribution >= 0.6 is 0 Å². The van der Waals surface area contributed by atoms with Gasteiger partial charge >= 0.3 is 0 Å². The molecule has 2 aliphatic rings. The fraction of sp³-hybridized carbons (Fsp3) is 1.00. The summed E-state index contributed by atoms with van der Waals surface area (Å²) in [5.74, 6) is 1.57. The lowest BCUT2D eigenvalue weighted by molar-refractivity contribution is 0.0169. The minimum absolute atomic E-state index is 0.428. The fourth-order valence-corrected chi connectivity index (χ4v) is 2.19. The molecule has 0 aliphatic heterocycles. The summed E-state index contributed by atoms with van der Waals surface area (Å²) in [4.78, 5) is 0. The molecule has 0 radical (unpaired) electrons. The van der Waals surface area contributed by atoms with Gasteiger partial charge in [-0.1, -0.05) is 12.8 Å². The first kappa shape index (κ1) is 7.56. The second kappa shape index (κ2) is 3.11. The van der Waals surface area contributed by atoms with E-state index in [1.165, 1.54) is 38.5 Å². The van der Waals surface area contributed by atoms with Gasteiger partial charge in [-0.25, -0.2) is 5.48 Å². The van der Waals surface area contributed by atoms with Gasteiger partial charge < -0.3 is 5.21 Å². The molecule has 2 aliphatic carbocycles. The number of hydroxylamine groups is 1. The Morgan fingerprint density at radius 2 is 1.45 bits per heavy atom. The number of hydrogen-bond donors (Lipinski definition) is 2. The SMILES string of the molecule is ONC(C1CCC1)C1CCC1. The summed E-state index contributed by atoms with van der Waals surface area (Å²) in [5.41, 5.74) is 2.51. The minimum Gasteiger partial charge on any atom is -0.317 e. The van der Waals surface area contributed by atoms with Crippen LogP contribution in [0.5, 0.6) is 0 Å². The van der Waals surface area contributed by atoms with Gasteiger partial charge in [0, 0.05) is 6.04 Å². The van der Waals surface area contributed by atoms with Crippen LogP contribution in [0.4, 0.5) is 0 Å². The first-order valence-electron chi connectivity index (χ1n) is 4.81. The molecule has 2 rings (SSSR count). The summed E-state index contributed by atoms with van der Waals surface area (Å²) in [6.45, 7) is 0. The van der Waals surface area contributed by atoms with Gasteiger partial charge in [0.1, 0.15) is 0 Å². The number of hydrogen-bond acceptors (Lipinski definition) is 2. The molecule has 0 saturated heterocycles. The Balaban J connectivity index is 1.83. The van der Waals surface area contributed by atoms with Crippen LogP contribution < -0.4 is 5.48 Å². The lowest BCUT2D eigenvalue weighted by Crippen LogP contribution is -2.45. The highest BCUT2D eigenvalue weighted by Crippen LogP contribution is 2.39. The van der Waals surface area contributed by atoms with E-state index in [1.807, 2.05) is 0 Å². The molecular weight excluding hydrogens is 138 g/mol. The van der Waals surface area contributed by atoms with Crippen molar-refractivity contribution in [1.29, 1.82) is 0 Å². The Morgan fingerprint density at radius 3 is 1.64 bits per heavy atom. The van der Waals surface area contributed by atoms with E-state index in [2.05, 4.69) is 5.48 Å². The third-order valence-electron chi connectivity index (χ3n) is 3.46. The lowest BCUT2D eigenvalue weighted by atomic mass is 9.69. The van der Waals surface area contributed by atoms with Gasteiger partial charge in [0.05, 0.1) is 0 Å². The van der Waals surface area contributed by atoms with E-state index < -0.39 is 0 Å². The fourth-order valence-electron chi connectivity index (χ4n) is 2.19. The van der Waals surface area contributed by atoms with Crippen LogP contribution in [0.3, 0.4) is 0 Å². The van der Waals surface area contributed by atoms with E-state index >= 15 is 0 Å². The topological polar surface area (TPSA) is 32.3 Å². The first-order chi connectivity index (χ1) is 5.42. The lowest BCUT2D eigenvalue weighted by Gasteiger charge is -2.41. The molecule has 2 fully saturated rings. The highest BCUT2D eigenvalue weighted by atomic mass is 16.5. The van der Waals surface area contributed by atoms with Crippen molar-refractivity contribution >= 4 is 0 Å². The summed E-state index contributed by atoms with van der Waals surface area (Å²) in [5, 5.41) is 8.95. The highest BCUT2D eigenvalue weighted by molar-refractivity contribution is 4.89. The highest BCUT2D eigenvalue weighted by Gasteiger charge is 2.35. The van der Waals surface area contributed by atoms with E-state index in [9.17, 15) is 0 Å². The molecule has 0 heterocycles. The van der Waals surface area contributed by atoms with E-state index in [1.54, 1.807) is 0 Å². The molecule has 0 aromatic carbocycles. The largest absolute Gasteiger partial charge is 0.317 e. The summed E-state index contributed by atoms with van der Waals surface area (Å²) < 4.78 is 0. The van der Waals surface area contributed by atoms with Crippen molar-refractivity contribution < 1.29 is 5.21 Å². The Hall–Kier alpha value is -0.0800. The average molecular weight is 155 g/mol. The van der Waals surface area contributed by atoms with E-state index in [0.29, 0.717) is 6.04 Å². The van der Waals surface area contributed by atoms with Crippen LogP contribution in [-0.4, -0.2) is 11.2 Å². The quantitative estimate of drug-likeness (QED) is 0.610. The summed E-state index contributed by atoms with van der Waals surface area (Å²) >= 11 is 0. The van der Waals surface area contributed by atoms with Gasteiger partial charge in [-0.2, -0.15) is 0 Å². The van der Waals surface area contributed by atoms with Crippen LogP contribution in [-0.2, 0) is 0 Å². The number of nitrogens with one attached hydrogen (secondary N) is 1. The van der Waals surface area contributed by atoms with Crippen LogP contribution in [0.1, 0.15) is 38.5 Å². The molecule has 0 unspecified atom stereocenters. The zero-order valence-corrected chi connectivity index (χ0v) is 6.92. The van der Waals surface area contributed by atoms with Gasteiger partial charge in [-0.05, 0) is 37.5 Å². The van der Waals surface area contributed by atoms with Crippen LogP contribution in [0.2, 0.25) is 0 Å². The van der Waals surface area contributed by atoms with Crippen molar-refractivity contribution in [2.75, 3.05) is 0 Å². The molecule has 11 heavy (non-hydrogen) atoms. The van der Waals surface area contributed by atoms with Crippen molar-refractivity contribution in [3.63, 3.8) is 0 Å². The normalized spacial score (nSPS) is 26.7. The van der Waals surface area contributed by atoms with Crippen molar-refractivity contribution in [3.05, 3.63) is 0 Å². The molecule has 0 aromatic rings. The van der Waals surface area contributed by atoms with Crippen LogP contribution in [0, 0.1) is 11.8 Å². The molecule has 0 atom stereocenters. The van der Waals surface area contributed by atoms with Crippen molar-refractivity contribution in [2.24, 2.45) is 11.8 Å². The van der Waals surface area contributed by atoms with Gasteiger partial charge in [0.2, 0.25) is 0 Å². The van der Waals surface area contributed by atoms with Crippen LogP contribution in [0.25, 0.3) is 0 Å². The monoisotopic (exact) mass is 155 g/mol. The van der Waals surface area contributed by atoms with Gasteiger partial charge in [-0.15, -0.1) is 0 Å². The van der Waals surface area contributed by atoms with Crippen molar-refractivity contribution in [2.45, 2.75) is 44.6 Å². The molecule has 0 amide bonds. The maximum Gasteiger partial charge on any atom is 0.0376 e. The summed E-state index contributed by atoms with van der Waals surface area (Å²) in [6.07, 6.45) is 8.05. The number of rotatable bonds is 3. The van der Waals surface area contributed by atoms with E-state index in [4.69, 9.17) is 5.21 Å². The van der Waals surface area contributed by atoms with E-state index in [-0.39, 0.29) is 0 Å². The molecule has 64 valence electrons. The molecular formula is C9H17NO. The predicted molar refractivity (Wildman–Crippen MR) is 43.4 cm³/mol. The zero-order valence-electron chi connectivity index (χ0n) is 6.92. The second-order valence-corrected chi connectivity index (χ2v) is 4.04. The molecule has 2 nitrogen and oxygen atoms in total. The van der Waals surface area contributed by atoms with E-state index in [0.717, 1.165) is 11.8 Å². The molecule has 0 aromatic heterocycles. The molecule has 0 spiro atoms. The maximum atomic E-state index is 8.95. The maximum absolute atomic E-state index is 8.95. The third kappa shape index (κ3) is 1.30. The first-order valence-corrected chi connectivity index (χ1v) is 4.81. The van der Waals surface area contributed by atoms with Gasteiger partial charge in [-0.3, -0.25) is 0 Å². The molecule has 0 bridgehead atoms. The third-order valence-corrected chi connectivity index (χ3v) is 3.46. The second-order valence-electron chi connectivity index (χ2n) is 4.04. The minimum atomic E-state index is 0.428. The Kier molecular flexibility index (Phi) is 2.14. The predicted octanol–water partition coefficient (Wildman–Crippen LogP) is 1.93. The standard InChI is InChI=1S/C9H17NO/c11-10-9(7-3-1-4-7)8-5-2-6-8/h7-11H,1-6H2. The van der Waals surface area contributed by atoms with Crippen molar-refractivity contribution in [1.82, 2.24) is 5.48 Å². The average Bonchev–Trinajstić information content (AvgIpc) is 1.78. The summed E-state index contributed by atoms with van der Waals surface area (Å²) in [7, 11) is 0. The van der Waals surface area contributed by atoms with Crippen LogP contribution in [0.15, 0.2) is 0 Å². The van der Waals surface area contributed by atoms with Gasteiger partial charge in [0.25, 0.3) is 0 Å². The zero-order chi connectivity index (χ0) is 7.68. The molecule has 2 N–H and O–H groups in total. The summed E-state index contributed by atoms with van der Waals surface area (Å²) in [6, 6.07) is 0.428.